The van der Waals surface area contributed by atoms with Crippen molar-refractivity contribution in [3.63, 3.8) is 0 Å². The molecule has 0 N–H and O–H groups in total. The largest absolute Gasteiger partial charge is 0.339 e. The van der Waals surface area contributed by atoms with Crippen LogP contribution in [0.15, 0.2) is 28.3 Å². The molecule has 0 saturated carbocycles. The first-order valence-electron chi connectivity index (χ1n) is 10.7. The number of carbonyl (C=O) groups is 1. The summed E-state index contributed by atoms with van der Waals surface area (Å²) in [5.41, 5.74) is 2.41. The number of sulfonamides is 1. The van der Waals surface area contributed by atoms with Gasteiger partial charge in [-0.3, -0.25) is 4.79 Å². The van der Waals surface area contributed by atoms with Crippen LogP contribution >= 0.6 is 11.8 Å². The molecule has 1 aromatic carbocycles. The summed E-state index contributed by atoms with van der Waals surface area (Å²) in [7, 11) is -1.62. The van der Waals surface area contributed by atoms with Gasteiger partial charge in [0.2, 0.25) is 15.9 Å². The quantitative estimate of drug-likeness (QED) is 0.610. The number of thioether (sulfide) groups is 1. The molecular formula is C21H29N5O3S2. The average molecular weight is 464 g/mol. The van der Waals surface area contributed by atoms with Crippen molar-refractivity contribution >= 4 is 27.7 Å². The van der Waals surface area contributed by atoms with E-state index in [1.807, 2.05) is 23.7 Å². The van der Waals surface area contributed by atoms with E-state index < -0.39 is 10.0 Å². The summed E-state index contributed by atoms with van der Waals surface area (Å²) in [6, 6.07) is 5.50. The molecule has 4 rings (SSSR count). The van der Waals surface area contributed by atoms with Crippen LogP contribution < -0.4 is 0 Å². The van der Waals surface area contributed by atoms with Crippen molar-refractivity contribution in [1.29, 1.82) is 0 Å². The predicted octanol–water partition coefficient (Wildman–Crippen LogP) is 2.05. The van der Waals surface area contributed by atoms with Gasteiger partial charge in [-0.15, -0.1) is 10.2 Å². The minimum absolute atomic E-state index is 0.00586. The third-order valence-corrected chi connectivity index (χ3v) is 8.91. The maximum Gasteiger partial charge on any atom is 0.243 e. The van der Waals surface area contributed by atoms with Gasteiger partial charge in [0, 0.05) is 39.1 Å². The van der Waals surface area contributed by atoms with Gasteiger partial charge in [0.1, 0.15) is 5.82 Å². The van der Waals surface area contributed by atoms with Crippen LogP contribution in [0.4, 0.5) is 0 Å². The number of hydrogen-bond donors (Lipinski definition) is 0. The summed E-state index contributed by atoms with van der Waals surface area (Å²) in [6.07, 6.45) is 3.06. The summed E-state index contributed by atoms with van der Waals surface area (Å²) in [5, 5.41) is 9.08. The van der Waals surface area contributed by atoms with E-state index in [0.29, 0.717) is 31.1 Å². The lowest BCUT2D eigenvalue weighted by molar-refractivity contribution is -0.129. The van der Waals surface area contributed by atoms with Crippen molar-refractivity contribution in [3.05, 3.63) is 35.2 Å². The molecule has 0 atom stereocenters. The Balaban J connectivity index is 1.33. The normalized spacial score (nSPS) is 17.4. The van der Waals surface area contributed by atoms with E-state index >= 15 is 0 Å². The second-order valence-corrected chi connectivity index (χ2v) is 11.3. The predicted molar refractivity (Wildman–Crippen MR) is 120 cm³/mol. The highest BCUT2D eigenvalue weighted by Gasteiger charge is 2.31. The van der Waals surface area contributed by atoms with Crippen molar-refractivity contribution in [1.82, 2.24) is 24.0 Å². The van der Waals surface area contributed by atoms with Crippen molar-refractivity contribution in [2.75, 3.05) is 31.9 Å². The molecule has 10 heteroatoms. The first-order valence-corrected chi connectivity index (χ1v) is 13.1. The molecule has 8 nitrogen and oxygen atoms in total. The fraction of sp³-hybridized carbons (Fsp3) is 0.571. The number of nitrogens with zero attached hydrogens (tertiary/aromatic N) is 5. The smallest absolute Gasteiger partial charge is 0.243 e. The van der Waals surface area contributed by atoms with Crippen molar-refractivity contribution in [2.45, 2.75) is 49.1 Å². The van der Waals surface area contributed by atoms with Crippen molar-refractivity contribution in [2.24, 2.45) is 7.05 Å². The van der Waals surface area contributed by atoms with Crippen LogP contribution in [0, 0.1) is 0 Å². The minimum Gasteiger partial charge on any atom is -0.339 e. The second-order valence-electron chi connectivity index (χ2n) is 8.41. The van der Waals surface area contributed by atoms with E-state index in [0.717, 1.165) is 35.8 Å². The summed E-state index contributed by atoms with van der Waals surface area (Å²) in [5.74, 6) is 1.42. The van der Waals surface area contributed by atoms with E-state index in [2.05, 4.69) is 24.0 Å². The zero-order valence-electron chi connectivity index (χ0n) is 18.2. The Labute approximate surface area is 188 Å². The van der Waals surface area contributed by atoms with Gasteiger partial charge in [-0.1, -0.05) is 31.7 Å². The van der Waals surface area contributed by atoms with Gasteiger partial charge >= 0.3 is 0 Å². The maximum atomic E-state index is 13.1. The zero-order chi connectivity index (χ0) is 22.2. The molecule has 2 aromatic rings. The Kier molecular flexibility index (Phi) is 6.41. The lowest BCUT2D eigenvalue weighted by Crippen LogP contribution is -2.51. The van der Waals surface area contributed by atoms with Crippen LogP contribution in [-0.4, -0.2) is 70.2 Å². The molecule has 2 heterocycles. The van der Waals surface area contributed by atoms with Crippen LogP contribution in [-0.2, 0) is 34.7 Å². The van der Waals surface area contributed by atoms with E-state index in [9.17, 15) is 13.2 Å². The first-order chi connectivity index (χ1) is 14.8. The van der Waals surface area contributed by atoms with Gasteiger partial charge in [0.15, 0.2) is 5.16 Å². The van der Waals surface area contributed by atoms with Crippen LogP contribution in [0.3, 0.4) is 0 Å². The van der Waals surface area contributed by atoms with E-state index in [4.69, 9.17) is 0 Å². The van der Waals surface area contributed by atoms with E-state index in [1.165, 1.54) is 21.6 Å². The van der Waals surface area contributed by atoms with Crippen LogP contribution in [0.1, 0.15) is 43.1 Å². The maximum absolute atomic E-state index is 13.1. The summed E-state index contributed by atoms with van der Waals surface area (Å²) in [6.45, 7) is 5.55. The molecule has 1 aliphatic carbocycles. The summed E-state index contributed by atoms with van der Waals surface area (Å²) >= 11 is 1.37. The molecule has 31 heavy (non-hydrogen) atoms. The fourth-order valence-corrected chi connectivity index (χ4v) is 6.50. The Morgan fingerprint density at radius 2 is 1.81 bits per heavy atom. The minimum atomic E-state index is -3.53. The molecule has 168 valence electrons. The summed E-state index contributed by atoms with van der Waals surface area (Å²) < 4.78 is 29.6. The molecule has 0 spiro atoms. The highest BCUT2D eigenvalue weighted by molar-refractivity contribution is 7.99. The number of carbonyl (C=O) groups excluding carboxylic acids is 1. The molecule has 1 aliphatic heterocycles. The lowest BCUT2D eigenvalue weighted by atomic mass is 10.1. The highest BCUT2D eigenvalue weighted by Crippen LogP contribution is 2.27. The SMILES string of the molecule is CC(C)c1nnc(SCC(=O)N2CCN(S(=O)(=O)c3ccc4c(c3)CCC4)CC2)n1C. The van der Waals surface area contributed by atoms with Gasteiger partial charge in [-0.05, 0) is 42.5 Å². The number of hydrogen-bond acceptors (Lipinski definition) is 6. The summed E-state index contributed by atoms with van der Waals surface area (Å²) in [4.78, 5) is 14.8. The van der Waals surface area contributed by atoms with Gasteiger partial charge in [0.05, 0.1) is 10.6 Å². The fourth-order valence-electron chi connectivity index (χ4n) is 4.21. The monoisotopic (exact) mass is 463 g/mol. The van der Waals surface area contributed by atoms with Crippen LogP contribution in [0.5, 0.6) is 0 Å². The molecule has 1 saturated heterocycles. The molecule has 0 unspecified atom stereocenters. The van der Waals surface area contributed by atoms with Crippen LogP contribution in [0.2, 0.25) is 0 Å². The Morgan fingerprint density at radius 1 is 1.10 bits per heavy atom. The Bertz CT molecular complexity index is 1070. The number of fused-ring (bicyclic) bond motifs is 1. The first kappa shape index (κ1) is 22.3. The molecule has 1 amide bonds. The topological polar surface area (TPSA) is 88.4 Å². The van der Waals surface area contributed by atoms with Gasteiger partial charge in [-0.25, -0.2) is 8.42 Å². The van der Waals surface area contributed by atoms with Crippen molar-refractivity contribution in [3.8, 4) is 0 Å². The molecule has 0 radical (unpaired) electrons. The molecule has 1 aromatic heterocycles. The molecular weight excluding hydrogens is 434 g/mol. The molecule has 2 aliphatic rings. The standard InChI is InChI=1S/C21H29N5O3S2/c1-15(2)20-22-23-21(24(20)3)30-14-19(27)25-9-11-26(12-10-25)31(28,29)18-8-7-16-5-4-6-17(16)13-18/h7-8,13,15H,4-6,9-12,14H2,1-3H3. The molecule has 0 bridgehead atoms. The molecule has 1 fully saturated rings. The van der Waals surface area contributed by atoms with Gasteiger partial charge in [0.25, 0.3) is 0 Å². The number of piperazine rings is 1. The van der Waals surface area contributed by atoms with Crippen LogP contribution in [0.25, 0.3) is 0 Å². The second kappa shape index (κ2) is 8.91. The average Bonchev–Trinajstić information content (AvgIpc) is 3.37. The Hall–Kier alpha value is -1.91. The highest BCUT2D eigenvalue weighted by atomic mass is 32.2. The number of amides is 1. The lowest BCUT2D eigenvalue weighted by Gasteiger charge is -2.34. The number of rotatable bonds is 6. The Morgan fingerprint density at radius 3 is 2.48 bits per heavy atom. The zero-order valence-corrected chi connectivity index (χ0v) is 19.9. The number of aryl methyl sites for hydroxylation is 2. The van der Waals surface area contributed by atoms with Gasteiger partial charge in [-0.2, -0.15) is 4.31 Å². The number of benzene rings is 1. The third kappa shape index (κ3) is 4.51. The van der Waals surface area contributed by atoms with Gasteiger partial charge < -0.3 is 9.47 Å². The number of aromatic nitrogens is 3. The third-order valence-electron chi connectivity index (χ3n) is 6.01. The van der Waals surface area contributed by atoms with E-state index in [1.54, 1.807) is 11.0 Å². The van der Waals surface area contributed by atoms with E-state index in [-0.39, 0.29) is 17.6 Å². The van der Waals surface area contributed by atoms with Crippen molar-refractivity contribution < 1.29 is 13.2 Å².